The fraction of sp³-hybridized carbons (Fsp3) is 0.933. The lowest BCUT2D eigenvalue weighted by Crippen LogP contribution is -2.51. The summed E-state index contributed by atoms with van der Waals surface area (Å²) in [5.41, 5.74) is -0.0656. The lowest BCUT2D eigenvalue weighted by Gasteiger charge is -2.41. The van der Waals surface area contributed by atoms with Gasteiger partial charge in [-0.05, 0) is 48.0 Å². The van der Waals surface area contributed by atoms with Crippen LogP contribution in [0.3, 0.4) is 0 Å². The molecule has 0 saturated carbocycles. The summed E-state index contributed by atoms with van der Waals surface area (Å²) in [6, 6.07) is 0. The maximum Gasteiger partial charge on any atom is 0.219 e. The van der Waals surface area contributed by atoms with Crippen molar-refractivity contribution >= 4 is 5.91 Å². The Hall–Kier alpha value is -0.610. The monoisotopic (exact) mass is 270 g/mol. The van der Waals surface area contributed by atoms with E-state index in [1.54, 1.807) is 6.92 Å². The van der Waals surface area contributed by atoms with Gasteiger partial charge in [0.05, 0.1) is 6.61 Å². The van der Waals surface area contributed by atoms with Crippen molar-refractivity contribution in [3.63, 3.8) is 0 Å². The van der Waals surface area contributed by atoms with Gasteiger partial charge in [0.25, 0.3) is 0 Å². The van der Waals surface area contributed by atoms with Gasteiger partial charge in [-0.25, -0.2) is 0 Å². The highest BCUT2D eigenvalue weighted by Crippen LogP contribution is 2.27. The highest BCUT2D eigenvalue weighted by Gasteiger charge is 2.35. The van der Waals surface area contributed by atoms with E-state index in [0.717, 1.165) is 26.1 Å². The minimum absolute atomic E-state index is 0.0505. The molecule has 1 rings (SSSR count). The number of nitrogens with zero attached hydrogens (tertiary/aromatic N) is 2. The molecule has 0 aliphatic carbocycles. The maximum atomic E-state index is 11.8. The molecule has 1 unspecified atom stereocenters. The van der Waals surface area contributed by atoms with Gasteiger partial charge in [0.2, 0.25) is 5.91 Å². The zero-order chi connectivity index (χ0) is 14.8. The van der Waals surface area contributed by atoms with Crippen LogP contribution in [0.25, 0.3) is 0 Å². The fourth-order valence-corrected chi connectivity index (χ4v) is 2.88. The predicted octanol–water partition coefficient (Wildman–Crippen LogP) is 2.48. The number of hydrogen-bond acceptors (Lipinski definition) is 3. The molecule has 0 spiro atoms. The molecule has 19 heavy (non-hydrogen) atoms. The first kappa shape index (κ1) is 16.4. The minimum Gasteiger partial charge on any atom is -0.362 e. The first-order valence-corrected chi connectivity index (χ1v) is 7.22. The molecule has 4 nitrogen and oxygen atoms in total. The van der Waals surface area contributed by atoms with Crippen molar-refractivity contribution < 1.29 is 9.53 Å². The van der Waals surface area contributed by atoms with Crippen molar-refractivity contribution in [3.8, 4) is 0 Å². The second kappa shape index (κ2) is 5.80. The number of hydrogen-bond donors (Lipinski definition) is 0. The Labute approximate surface area is 118 Å². The van der Waals surface area contributed by atoms with E-state index in [9.17, 15) is 4.79 Å². The summed E-state index contributed by atoms with van der Waals surface area (Å²) < 4.78 is 5.62. The lowest BCUT2D eigenvalue weighted by atomic mass is 9.95. The molecule has 0 aromatic heterocycles. The van der Waals surface area contributed by atoms with Crippen molar-refractivity contribution in [3.05, 3.63) is 0 Å². The molecule has 0 radical (unpaired) electrons. The second-order valence-corrected chi connectivity index (χ2v) is 7.07. The van der Waals surface area contributed by atoms with Gasteiger partial charge in [0.1, 0.15) is 6.23 Å². The van der Waals surface area contributed by atoms with E-state index >= 15 is 0 Å². The Kier molecular flexibility index (Phi) is 5.02. The molecule has 1 fully saturated rings. The predicted molar refractivity (Wildman–Crippen MR) is 78.0 cm³/mol. The Balaban J connectivity index is 2.65. The Morgan fingerprint density at radius 1 is 1.32 bits per heavy atom. The average Bonchev–Trinajstić information content (AvgIpc) is 2.62. The number of rotatable bonds is 4. The molecule has 112 valence electrons. The highest BCUT2D eigenvalue weighted by atomic mass is 16.5. The summed E-state index contributed by atoms with van der Waals surface area (Å²) in [5, 5.41) is 0. The number of carbonyl (C=O) groups excluding carboxylic acids is 1. The van der Waals surface area contributed by atoms with Crippen molar-refractivity contribution in [2.24, 2.45) is 0 Å². The molecule has 0 aromatic rings. The van der Waals surface area contributed by atoms with E-state index < -0.39 is 0 Å². The van der Waals surface area contributed by atoms with E-state index in [-0.39, 0.29) is 23.2 Å². The van der Waals surface area contributed by atoms with E-state index in [1.165, 1.54) is 0 Å². The van der Waals surface area contributed by atoms with Gasteiger partial charge in [-0.2, -0.15) is 0 Å². The second-order valence-electron chi connectivity index (χ2n) is 7.07. The molecule has 1 heterocycles. The van der Waals surface area contributed by atoms with E-state index in [2.05, 4.69) is 46.4 Å². The van der Waals surface area contributed by atoms with Crippen LogP contribution >= 0.6 is 0 Å². The smallest absolute Gasteiger partial charge is 0.219 e. The number of carbonyl (C=O) groups is 1. The molecule has 1 saturated heterocycles. The van der Waals surface area contributed by atoms with E-state index in [0.29, 0.717) is 0 Å². The van der Waals surface area contributed by atoms with Crippen LogP contribution in [0, 0.1) is 0 Å². The summed E-state index contributed by atoms with van der Waals surface area (Å²) in [6.07, 6.45) is 1.13. The van der Waals surface area contributed by atoms with Crippen molar-refractivity contribution in [1.82, 2.24) is 9.80 Å². The van der Waals surface area contributed by atoms with Crippen molar-refractivity contribution in [2.75, 3.05) is 19.7 Å². The van der Waals surface area contributed by atoms with Crippen LogP contribution in [0.4, 0.5) is 0 Å². The van der Waals surface area contributed by atoms with Gasteiger partial charge in [-0.15, -0.1) is 0 Å². The zero-order valence-corrected chi connectivity index (χ0v) is 13.6. The summed E-state index contributed by atoms with van der Waals surface area (Å²) in [4.78, 5) is 16.1. The molecule has 1 aliphatic heterocycles. The van der Waals surface area contributed by atoms with Crippen molar-refractivity contribution in [2.45, 2.75) is 72.2 Å². The fourth-order valence-electron chi connectivity index (χ4n) is 2.88. The first-order chi connectivity index (χ1) is 8.55. The SMILES string of the molecule is CC(=O)N(CCC(C)(C)N1CCOC1C)C(C)(C)C. The van der Waals surface area contributed by atoms with Gasteiger partial charge in [0.15, 0.2) is 0 Å². The number of ether oxygens (including phenoxy) is 1. The summed E-state index contributed by atoms with van der Waals surface area (Å²) in [6.45, 7) is 17.0. The standard InChI is InChI=1S/C15H30N2O2/c1-12(18)16(14(3,4)5)9-8-15(6,7)17-10-11-19-13(17)2/h13H,8-11H2,1-7H3. The largest absolute Gasteiger partial charge is 0.362 e. The summed E-state index contributed by atoms with van der Waals surface area (Å²) >= 11 is 0. The van der Waals surface area contributed by atoms with Gasteiger partial charge in [0, 0.05) is 31.1 Å². The van der Waals surface area contributed by atoms with E-state index in [1.807, 2.05) is 4.90 Å². The van der Waals surface area contributed by atoms with Crippen LogP contribution in [0.15, 0.2) is 0 Å². The third-order valence-electron chi connectivity index (χ3n) is 4.04. The average molecular weight is 270 g/mol. The normalized spacial score (nSPS) is 21.7. The number of amides is 1. The topological polar surface area (TPSA) is 32.8 Å². The zero-order valence-electron chi connectivity index (χ0n) is 13.6. The van der Waals surface area contributed by atoms with Crippen molar-refractivity contribution in [1.29, 1.82) is 0 Å². The molecule has 1 amide bonds. The van der Waals surface area contributed by atoms with E-state index in [4.69, 9.17) is 4.74 Å². The summed E-state index contributed by atoms with van der Waals surface area (Å²) in [5.74, 6) is 0.147. The molecule has 4 heteroatoms. The first-order valence-electron chi connectivity index (χ1n) is 7.22. The molecule has 0 aromatic carbocycles. The molecular weight excluding hydrogens is 240 g/mol. The van der Waals surface area contributed by atoms with Gasteiger partial charge in [-0.1, -0.05) is 0 Å². The van der Waals surface area contributed by atoms with Crippen LogP contribution in [0.5, 0.6) is 0 Å². The van der Waals surface area contributed by atoms with Gasteiger partial charge < -0.3 is 9.64 Å². The van der Waals surface area contributed by atoms with Crippen LogP contribution in [0.1, 0.15) is 54.9 Å². The van der Waals surface area contributed by atoms with Crippen LogP contribution < -0.4 is 0 Å². The highest BCUT2D eigenvalue weighted by molar-refractivity contribution is 5.74. The Bertz CT molecular complexity index is 321. The molecule has 1 aliphatic rings. The molecule has 0 bridgehead atoms. The maximum absolute atomic E-state index is 11.8. The lowest BCUT2D eigenvalue weighted by molar-refractivity contribution is -0.134. The Morgan fingerprint density at radius 2 is 1.89 bits per heavy atom. The molecular formula is C15H30N2O2. The Morgan fingerprint density at radius 3 is 2.26 bits per heavy atom. The van der Waals surface area contributed by atoms with Gasteiger partial charge >= 0.3 is 0 Å². The third kappa shape index (κ3) is 4.18. The summed E-state index contributed by atoms with van der Waals surface area (Å²) in [7, 11) is 0. The van der Waals surface area contributed by atoms with Crippen LogP contribution in [0.2, 0.25) is 0 Å². The third-order valence-corrected chi connectivity index (χ3v) is 4.04. The molecule has 0 N–H and O–H groups in total. The van der Waals surface area contributed by atoms with Gasteiger partial charge in [-0.3, -0.25) is 9.69 Å². The minimum atomic E-state index is -0.116. The van der Waals surface area contributed by atoms with Crippen LogP contribution in [-0.4, -0.2) is 52.7 Å². The van der Waals surface area contributed by atoms with Crippen LogP contribution in [-0.2, 0) is 9.53 Å². The molecule has 1 atom stereocenters. The quantitative estimate of drug-likeness (QED) is 0.787.